The fourth-order valence-corrected chi connectivity index (χ4v) is 3.18. The fraction of sp³-hybridized carbons (Fsp3) is 0.273. The first-order valence-corrected chi connectivity index (χ1v) is 7.89. The molecule has 0 amide bonds. The quantitative estimate of drug-likeness (QED) is 0.747. The van der Waals surface area contributed by atoms with Crippen LogP contribution in [-0.2, 0) is 0 Å². The number of aryl methyl sites for hydroxylation is 1. The van der Waals surface area contributed by atoms with Crippen LogP contribution < -0.4 is 5.32 Å². The van der Waals surface area contributed by atoms with Crippen LogP contribution in [0.5, 0.6) is 0 Å². The lowest BCUT2D eigenvalue weighted by Gasteiger charge is -2.08. The molecule has 0 aromatic carbocycles. The number of thiophene rings is 1. The molecule has 3 nitrogen and oxygen atoms in total. The number of hydrogen-bond acceptors (Lipinski definition) is 4. The molecule has 0 saturated carbocycles. The summed E-state index contributed by atoms with van der Waals surface area (Å²) in [6, 6.07) is 2.04. The van der Waals surface area contributed by atoms with Crippen LogP contribution in [0.4, 0.5) is 5.82 Å². The summed E-state index contributed by atoms with van der Waals surface area (Å²) in [5.41, 5.74) is 1.01. The van der Waals surface area contributed by atoms with Crippen LogP contribution in [0.3, 0.4) is 0 Å². The van der Waals surface area contributed by atoms with E-state index in [9.17, 15) is 0 Å². The van der Waals surface area contributed by atoms with E-state index >= 15 is 0 Å². The topological polar surface area (TPSA) is 37.8 Å². The first kappa shape index (κ1) is 13.2. The fourth-order valence-electron chi connectivity index (χ4n) is 1.38. The summed E-state index contributed by atoms with van der Waals surface area (Å²) in [7, 11) is 0. The lowest BCUT2D eigenvalue weighted by molar-refractivity contribution is 1.07. The molecule has 0 aliphatic heterocycles. The third-order valence-electron chi connectivity index (χ3n) is 2.15. The van der Waals surface area contributed by atoms with Gasteiger partial charge in [-0.25, -0.2) is 9.97 Å². The van der Waals surface area contributed by atoms with Gasteiger partial charge < -0.3 is 5.32 Å². The Hall–Kier alpha value is -0.210. The molecule has 0 saturated heterocycles. The first-order chi connectivity index (χ1) is 8.11. The van der Waals surface area contributed by atoms with E-state index in [1.54, 1.807) is 11.3 Å². The average Bonchev–Trinajstić information content (AvgIpc) is 2.71. The van der Waals surface area contributed by atoms with Crippen LogP contribution in [0.25, 0.3) is 10.7 Å². The largest absolute Gasteiger partial charge is 0.369 e. The molecule has 2 heterocycles. The van der Waals surface area contributed by atoms with E-state index in [4.69, 9.17) is 0 Å². The molecule has 0 aliphatic rings. The van der Waals surface area contributed by atoms with Crippen molar-refractivity contribution in [1.82, 2.24) is 9.97 Å². The van der Waals surface area contributed by atoms with E-state index in [2.05, 4.69) is 60.7 Å². The molecule has 2 rings (SSSR count). The minimum absolute atomic E-state index is 0.787. The third kappa shape index (κ3) is 2.97. The Morgan fingerprint density at radius 1 is 1.47 bits per heavy atom. The minimum Gasteiger partial charge on any atom is -0.369 e. The highest BCUT2D eigenvalue weighted by Crippen LogP contribution is 2.30. The Balaban J connectivity index is 2.48. The van der Waals surface area contributed by atoms with Gasteiger partial charge in [-0.2, -0.15) is 0 Å². The van der Waals surface area contributed by atoms with E-state index in [0.29, 0.717) is 0 Å². The van der Waals surface area contributed by atoms with Crippen molar-refractivity contribution in [2.75, 3.05) is 11.9 Å². The molecule has 2 aromatic rings. The Morgan fingerprint density at radius 3 is 2.82 bits per heavy atom. The van der Waals surface area contributed by atoms with Crippen molar-refractivity contribution in [3.05, 3.63) is 25.2 Å². The summed E-state index contributed by atoms with van der Waals surface area (Å²) in [5.74, 6) is 1.70. The van der Waals surface area contributed by atoms with Crippen molar-refractivity contribution in [1.29, 1.82) is 0 Å². The lowest BCUT2D eigenvalue weighted by atomic mass is 10.3. The van der Waals surface area contributed by atoms with Gasteiger partial charge in [-0.05, 0) is 58.4 Å². The van der Waals surface area contributed by atoms with E-state index < -0.39 is 0 Å². The molecular formula is C11H11BrIN3S. The molecule has 2 aromatic heterocycles. The van der Waals surface area contributed by atoms with Crippen molar-refractivity contribution in [3.63, 3.8) is 0 Å². The smallest absolute Gasteiger partial charge is 0.171 e. The normalized spacial score (nSPS) is 10.6. The maximum atomic E-state index is 4.57. The van der Waals surface area contributed by atoms with Gasteiger partial charge in [0.2, 0.25) is 0 Å². The number of rotatable bonds is 3. The highest BCUT2D eigenvalue weighted by molar-refractivity contribution is 14.1. The van der Waals surface area contributed by atoms with Gasteiger partial charge in [0.15, 0.2) is 5.82 Å². The van der Waals surface area contributed by atoms with Gasteiger partial charge >= 0.3 is 0 Å². The zero-order valence-electron chi connectivity index (χ0n) is 9.42. The third-order valence-corrected chi connectivity index (χ3v) is 5.13. The molecule has 0 atom stereocenters. The number of hydrogen-bond donors (Lipinski definition) is 1. The molecule has 0 aliphatic carbocycles. The number of halogens is 2. The van der Waals surface area contributed by atoms with Crippen molar-refractivity contribution in [3.8, 4) is 10.7 Å². The van der Waals surface area contributed by atoms with Crippen molar-refractivity contribution in [2.45, 2.75) is 13.8 Å². The molecule has 0 bridgehead atoms. The summed E-state index contributed by atoms with van der Waals surface area (Å²) < 4.78 is 2.16. The van der Waals surface area contributed by atoms with Crippen LogP contribution in [0.2, 0.25) is 0 Å². The standard InChI is InChI=1S/C11H11BrIN3S/c1-3-14-11-9(13)6(2)15-10(16-11)8-4-7(12)5-17-8/h4-5H,3H2,1-2H3,(H,14,15,16). The number of nitrogens with one attached hydrogen (secondary N) is 1. The van der Waals surface area contributed by atoms with Crippen molar-refractivity contribution >= 4 is 55.7 Å². The molecule has 0 unspecified atom stereocenters. The van der Waals surface area contributed by atoms with E-state index in [0.717, 1.165) is 36.8 Å². The Labute approximate surface area is 126 Å². The monoisotopic (exact) mass is 423 g/mol. The molecule has 90 valence electrons. The highest BCUT2D eigenvalue weighted by atomic mass is 127. The van der Waals surface area contributed by atoms with Gasteiger partial charge in [0.1, 0.15) is 5.82 Å². The van der Waals surface area contributed by atoms with Gasteiger partial charge in [-0.3, -0.25) is 0 Å². The van der Waals surface area contributed by atoms with Crippen molar-refractivity contribution < 1.29 is 0 Å². The summed E-state index contributed by atoms with van der Waals surface area (Å²) >= 11 is 7.37. The van der Waals surface area contributed by atoms with Crippen LogP contribution in [0.15, 0.2) is 15.9 Å². The van der Waals surface area contributed by atoms with Crippen LogP contribution >= 0.6 is 49.9 Å². The number of aromatic nitrogens is 2. The molecule has 0 spiro atoms. The first-order valence-electron chi connectivity index (χ1n) is 5.14. The van der Waals surface area contributed by atoms with E-state index in [1.165, 1.54) is 0 Å². The molecule has 0 fully saturated rings. The van der Waals surface area contributed by atoms with Crippen LogP contribution in [0, 0.1) is 10.5 Å². The second-order valence-corrected chi connectivity index (χ2v) is 6.36. The summed E-state index contributed by atoms with van der Waals surface area (Å²) in [6.07, 6.45) is 0. The van der Waals surface area contributed by atoms with Gasteiger partial charge in [0.05, 0.1) is 14.1 Å². The van der Waals surface area contributed by atoms with E-state index in [-0.39, 0.29) is 0 Å². The summed E-state index contributed by atoms with van der Waals surface area (Å²) in [4.78, 5) is 10.2. The molecule has 17 heavy (non-hydrogen) atoms. The zero-order valence-corrected chi connectivity index (χ0v) is 14.0. The Bertz CT molecular complexity index is 542. The Kier molecular flexibility index (Phi) is 4.37. The van der Waals surface area contributed by atoms with E-state index in [1.807, 2.05) is 18.4 Å². The number of nitrogens with zero attached hydrogens (tertiary/aromatic N) is 2. The predicted octanol–water partition coefficient (Wildman–Crippen LogP) is 4.31. The highest BCUT2D eigenvalue weighted by Gasteiger charge is 2.11. The van der Waals surface area contributed by atoms with Gasteiger partial charge in [-0.15, -0.1) is 11.3 Å². The molecular weight excluding hydrogens is 413 g/mol. The van der Waals surface area contributed by atoms with Crippen molar-refractivity contribution in [2.24, 2.45) is 0 Å². The molecule has 1 N–H and O–H groups in total. The number of anilines is 1. The molecule has 6 heteroatoms. The summed E-state index contributed by atoms with van der Waals surface area (Å²) in [5, 5.41) is 5.31. The molecule has 0 radical (unpaired) electrons. The maximum absolute atomic E-state index is 4.57. The second kappa shape index (κ2) is 5.62. The van der Waals surface area contributed by atoms with Gasteiger partial charge in [-0.1, -0.05) is 0 Å². The Morgan fingerprint density at radius 2 is 2.24 bits per heavy atom. The average molecular weight is 424 g/mol. The lowest BCUT2D eigenvalue weighted by Crippen LogP contribution is -2.05. The van der Waals surface area contributed by atoms with Gasteiger partial charge in [0.25, 0.3) is 0 Å². The minimum atomic E-state index is 0.787. The van der Waals surface area contributed by atoms with Crippen LogP contribution in [0.1, 0.15) is 12.6 Å². The SMILES string of the molecule is CCNc1nc(-c2cc(Br)cs2)nc(C)c1I. The second-order valence-electron chi connectivity index (χ2n) is 3.45. The summed E-state index contributed by atoms with van der Waals surface area (Å²) in [6.45, 7) is 4.94. The predicted molar refractivity (Wildman–Crippen MR) is 84.7 cm³/mol. The van der Waals surface area contributed by atoms with Crippen LogP contribution in [-0.4, -0.2) is 16.5 Å². The zero-order chi connectivity index (χ0) is 12.4. The van der Waals surface area contributed by atoms with Gasteiger partial charge in [0, 0.05) is 16.4 Å². The maximum Gasteiger partial charge on any atom is 0.171 e.